The molecule has 4 nitrogen and oxygen atoms in total. The van der Waals surface area contributed by atoms with Gasteiger partial charge in [0.1, 0.15) is 0 Å². The molecule has 0 aromatic rings. The van der Waals surface area contributed by atoms with E-state index in [1.807, 2.05) is 0 Å². The maximum Gasteiger partial charge on any atom is 0.329 e. The standard InChI is InChI=1S/C6H11Cl2FN2O2/c7-6(8,9)5(11,4(12)13)2-1-3-10/h1-3,10-11H2,(H,12,13). The minimum Gasteiger partial charge on any atom is -0.480 e. The molecule has 0 rings (SSSR count). The molecule has 0 spiro atoms. The van der Waals surface area contributed by atoms with Crippen molar-refractivity contribution < 1.29 is 14.3 Å². The Kier molecular flexibility index (Phi) is 4.38. The summed E-state index contributed by atoms with van der Waals surface area (Å²) in [6, 6.07) is 0. The topological polar surface area (TPSA) is 89.3 Å². The second-order valence-corrected chi connectivity index (χ2v) is 3.90. The lowest BCUT2D eigenvalue weighted by Crippen LogP contribution is -2.58. The van der Waals surface area contributed by atoms with Gasteiger partial charge in [-0.25, -0.2) is 9.18 Å². The first-order chi connectivity index (χ1) is 5.75. The number of hydrogen-bond donors (Lipinski definition) is 3. The molecule has 7 heteroatoms. The van der Waals surface area contributed by atoms with Gasteiger partial charge in [0.05, 0.1) is 0 Å². The zero-order valence-electron chi connectivity index (χ0n) is 6.77. The minimum atomic E-state index is -3.01. The van der Waals surface area contributed by atoms with Crippen molar-refractivity contribution in [1.29, 1.82) is 0 Å². The normalized spacial score (nSPS) is 16.7. The third kappa shape index (κ3) is 2.95. The second-order valence-electron chi connectivity index (χ2n) is 2.67. The van der Waals surface area contributed by atoms with Crippen LogP contribution in [0.1, 0.15) is 12.8 Å². The number of nitrogens with two attached hydrogens (primary N) is 2. The van der Waals surface area contributed by atoms with Crippen LogP contribution in [0, 0.1) is 0 Å². The summed E-state index contributed by atoms with van der Waals surface area (Å²) >= 11 is 10.0. The van der Waals surface area contributed by atoms with Gasteiger partial charge in [-0.3, -0.25) is 0 Å². The van der Waals surface area contributed by atoms with Crippen molar-refractivity contribution in [3.05, 3.63) is 0 Å². The van der Waals surface area contributed by atoms with Crippen LogP contribution >= 0.6 is 23.2 Å². The van der Waals surface area contributed by atoms with Crippen molar-refractivity contribution in [3.63, 3.8) is 0 Å². The molecule has 0 aromatic heterocycles. The molecule has 5 N–H and O–H groups in total. The summed E-state index contributed by atoms with van der Waals surface area (Å²) in [6.07, 6.45) is 0.0102. The van der Waals surface area contributed by atoms with Crippen LogP contribution < -0.4 is 11.5 Å². The highest BCUT2D eigenvalue weighted by molar-refractivity contribution is 6.49. The predicted molar refractivity (Wildman–Crippen MR) is 48.4 cm³/mol. The van der Waals surface area contributed by atoms with Crippen LogP contribution in [0.3, 0.4) is 0 Å². The average molecular weight is 233 g/mol. The first-order valence-electron chi connectivity index (χ1n) is 3.55. The number of aliphatic carboxylic acids is 1. The highest BCUT2D eigenvalue weighted by atomic mass is 35.5. The third-order valence-electron chi connectivity index (χ3n) is 1.66. The van der Waals surface area contributed by atoms with E-state index < -0.39 is 16.1 Å². The SMILES string of the molecule is NCCCC(N)(C(=O)O)C(F)(Cl)Cl. The van der Waals surface area contributed by atoms with E-state index in [0.29, 0.717) is 0 Å². The number of alkyl halides is 3. The summed E-state index contributed by atoms with van der Waals surface area (Å²) in [5.74, 6) is -1.59. The Hall–Kier alpha value is -0.100. The van der Waals surface area contributed by atoms with Crippen molar-refractivity contribution in [2.24, 2.45) is 11.5 Å². The van der Waals surface area contributed by atoms with Crippen molar-refractivity contribution in [2.75, 3.05) is 6.54 Å². The lowest BCUT2D eigenvalue weighted by molar-refractivity contribution is -0.145. The molecule has 1 unspecified atom stereocenters. The number of carboxylic acid groups (broad SMARTS) is 1. The van der Waals surface area contributed by atoms with Gasteiger partial charge >= 0.3 is 5.97 Å². The summed E-state index contributed by atoms with van der Waals surface area (Å²) in [4.78, 5) is 10.6. The Morgan fingerprint density at radius 1 is 1.54 bits per heavy atom. The van der Waals surface area contributed by atoms with E-state index in [4.69, 9.17) is 39.8 Å². The zero-order valence-corrected chi connectivity index (χ0v) is 8.28. The van der Waals surface area contributed by atoms with Crippen LogP contribution in [-0.2, 0) is 4.79 Å². The molecule has 0 radical (unpaired) electrons. The second kappa shape index (κ2) is 4.41. The molecule has 1 atom stereocenters. The Labute approximate surface area is 85.0 Å². The molecule has 13 heavy (non-hydrogen) atoms. The monoisotopic (exact) mass is 232 g/mol. The molecule has 0 aliphatic heterocycles. The third-order valence-corrected chi connectivity index (χ3v) is 2.34. The van der Waals surface area contributed by atoms with Gasteiger partial charge in [0.2, 0.25) is 0 Å². The van der Waals surface area contributed by atoms with Crippen LogP contribution in [0.15, 0.2) is 0 Å². The fraction of sp³-hybridized carbons (Fsp3) is 0.833. The molecule has 0 saturated heterocycles. The van der Waals surface area contributed by atoms with Gasteiger partial charge in [0.25, 0.3) is 4.59 Å². The quantitative estimate of drug-likeness (QED) is 0.607. The summed E-state index contributed by atoms with van der Waals surface area (Å²) in [7, 11) is 0. The Morgan fingerprint density at radius 3 is 2.23 bits per heavy atom. The molecular formula is C6H11Cl2FN2O2. The highest BCUT2D eigenvalue weighted by Gasteiger charge is 2.53. The van der Waals surface area contributed by atoms with Gasteiger partial charge in [-0.2, -0.15) is 0 Å². The van der Waals surface area contributed by atoms with Gasteiger partial charge in [-0.05, 0) is 19.4 Å². The van der Waals surface area contributed by atoms with Crippen LogP contribution in [-0.4, -0.2) is 27.7 Å². The highest BCUT2D eigenvalue weighted by Crippen LogP contribution is 2.36. The zero-order chi connectivity index (χ0) is 10.7. The largest absolute Gasteiger partial charge is 0.480 e. The molecule has 0 saturated carbocycles. The number of hydrogen-bond acceptors (Lipinski definition) is 3. The molecule has 0 aliphatic carbocycles. The molecule has 0 aromatic carbocycles. The van der Waals surface area contributed by atoms with E-state index in [2.05, 4.69) is 0 Å². The van der Waals surface area contributed by atoms with Crippen LogP contribution in [0.2, 0.25) is 0 Å². The Morgan fingerprint density at radius 2 is 2.00 bits per heavy atom. The number of rotatable bonds is 5. The van der Waals surface area contributed by atoms with Crippen molar-refractivity contribution in [3.8, 4) is 0 Å². The summed E-state index contributed by atoms with van der Waals surface area (Å²) in [5, 5.41) is 8.62. The van der Waals surface area contributed by atoms with E-state index in [-0.39, 0.29) is 19.4 Å². The maximum atomic E-state index is 13.0. The summed E-state index contributed by atoms with van der Waals surface area (Å²) in [5.41, 5.74) is 8.02. The summed E-state index contributed by atoms with van der Waals surface area (Å²) < 4.78 is 9.99. The van der Waals surface area contributed by atoms with Crippen LogP contribution in [0.4, 0.5) is 4.39 Å². The lowest BCUT2D eigenvalue weighted by atomic mass is 9.96. The Bertz CT molecular complexity index is 198. The van der Waals surface area contributed by atoms with Crippen LogP contribution in [0.25, 0.3) is 0 Å². The molecule has 0 aliphatic rings. The van der Waals surface area contributed by atoms with Gasteiger partial charge in [0, 0.05) is 0 Å². The smallest absolute Gasteiger partial charge is 0.329 e. The minimum absolute atomic E-state index is 0.191. The average Bonchev–Trinajstić information content (AvgIpc) is 1.97. The van der Waals surface area contributed by atoms with E-state index in [1.165, 1.54) is 0 Å². The van der Waals surface area contributed by atoms with Crippen molar-refractivity contribution >= 4 is 29.2 Å². The molecule has 78 valence electrons. The molecule has 0 fully saturated rings. The molecular weight excluding hydrogens is 222 g/mol. The van der Waals surface area contributed by atoms with Crippen molar-refractivity contribution in [1.82, 2.24) is 0 Å². The summed E-state index contributed by atoms with van der Waals surface area (Å²) in [6.45, 7) is 0.191. The number of carboxylic acids is 1. The fourth-order valence-electron chi connectivity index (χ4n) is 0.751. The Balaban J connectivity index is 4.64. The van der Waals surface area contributed by atoms with E-state index in [9.17, 15) is 9.18 Å². The molecule has 0 amide bonds. The van der Waals surface area contributed by atoms with Gasteiger partial charge in [0.15, 0.2) is 5.54 Å². The maximum absolute atomic E-state index is 13.0. The fourth-order valence-corrected chi connectivity index (χ4v) is 1.10. The molecule has 0 heterocycles. The van der Waals surface area contributed by atoms with E-state index in [1.54, 1.807) is 0 Å². The van der Waals surface area contributed by atoms with Gasteiger partial charge < -0.3 is 16.6 Å². The van der Waals surface area contributed by atoms with Crippen LogP contribution in [0.5, 0.6) is 0 Å². The number of carbonyl (C=O) groups is 1. The van der Waals surface area contributed by atoms with E-state index >= 15 is 0 Å². The predicted octanol–water partition coefficient (Wildman–Crippen LogP) is 0.608. The van der Waals surface area contributed by atoms with E-state index in [0.717, 1.165) is 0 Å². The number of halogens is 3. The molecule has 0 bridgehead atoms. The van der Waals surface area contributed by atoms with Crippen molar-refractivity contribution in [2.45, 2.75) is 23.0 Å². The first kappa shape index (κ1) is 12.9. The van der Waals surface area contributed by atoms with Gasteiger partial charge in [-0.1, -0.05) is 23.2 Å². The first-order valence-corrected chi connectivity index (χ1v) is 4.30. The lowest BCUT2D eigenvalue weighted by Gasteiger charge is -2.29. The van der Waals surface area contributed by atoms with Gasteiger partial charge in [-0.15, -0.1) is 0 Å².